The van der Waals surface area contributed by atoms with Gasteiger partial charge < -0.3 is 28.4 Å². The van der Waals surface area contributed by atoms with Crippen LogP contribution in [0.5, 0.6) is 34.5 Å². The highest BCUT2D eigenvalue weighted by Gasteiger charge is 2.32. The van der Waals surface area contributed by atoms with Gasteiger partial charge in [0.15, 0.2) is 69.4 Å². The second-order valence-corrected chi connectivity index (χ2v) is 18.1. The summed E-state index contributed by atoms with van der Waals surface area (Å²) < 4.78 is 133. The van der Waals surface area contributed by atoms with Crippen LogP contribution in [0.3, 0.4) is 0 Å². The van der Waals surface area contributed by atoms with Gasteiger partial charge in [0, 0.05) is 32.8 Å². The molecular formula is C60H66F6O6. The lowest BCUT2D eigenvalue weighted by molar-refractivity contribution is 0.262. The Morgan fingerprint density at radius 3 is 0.944 bits per heavy atom. The van der Waals surface area contributed by atoms with Gasteiger partial charge in [-0.1, -0.05) is 98.3 Å². The van der Waals surface area contributed by atoms with E-state index in [0.717, 1.165) is 87.8 Å². The number of unbranched alkanes of at least 4 members (excludes halogenated alkanes) is 6. The zero-order valence-electron chi connectivity index (χ0n) is 42.4. The van der Waals surface area contributed by atoms with Crippen molar-refractivity contribution < 1.29 is 54.8 Å². The molecule has 7 aromatic rings. The Morgan fingerprint density at radius 1 is 0.292 bits per heavy atom. The van der Waals surface area contributed by atoms with E-state index in [1.807, 2.05) is 45.9 Å². The van der Waals surface area contributed by atoms with Crippen LogP contribution in [-0.2, 0) is 0 Å². The Balaban J connectivity index is 1.90. The Bertz CT molecular complexity index is 2990. The fourth-order valence-electron chi connectivity index (χ4n) is 8.80. The SMILES string of the molecule is CCCCOc1cc2c(cc1OCCCC)c1c(-c3ccc(F)c(F)c3)c(OCCCC)c(OCCCC)c(-c3ccc(F)c(F)c3)c1c1cc(OCCCC)c(OCCCC)c(-c3ccc(F)c(F)c3)c21. The van der Waals surface area contributed by atoms with Crippen molar-refractivity contribution in [2.75, 3.05) is 39.6 Å². The molecule has 72 heavy (non-hydrogen) atoms. The first-order valence-electron chi connectivity index (χ1n) is 25.8. The summed E-state index contributed by atoms with van der Waals surface area (Å²) in [5.74, 6) is -4.82. The summed E-state index contributed by atoms with van der Waals surface area (Å²) >= 11 is 0. The summed E-state index contributed by atoms with van der Waals surface area (Å²) in [4.78, 5) is 0. The van der Waals surface area contributed by atoms with Crippen molar-refractivity contribution in [3.63, 3.8) is 0 Å². The molecule has 384 valence electrons. The number of ether oxygens (including phenoxy) is 6. The number of hydrogen-bond acceptors (Lipinski definition) is 6. The topological polar surface area (TPSA) is 55.4 Å². The second-order valence-electron chi connectivity index (χ2n) is 18.1. The molecule has 0 bridgehead atoms. The third-order valence-electron chi connectivity index (χ3n) is 12.7. The van der Waals surface area contributed by atoms with E-state index in [-0.39, 0.29) is 66.1 Å². The monoisotopic (exact) mass is 996 g/mol. The fourth-order valence-corrected chi connectivity index (χ4v) is 8.80. The Kier molecular flexibility index (Phi) is 18.9. The number of halogens is 6. The van der Waals surface area contributed by atoms with Gasteiger partial charge in [0.2, 0.25) is 0 Å². The molecule has 0 saturated carbocycles. The minimum absolute atomic E-state index is 0.156. The maximum absolute atomic E-state index is 16.0. The number of fused-ring (bicyclic) bond motifs is 6. The van der Waals surface area contributed by atoms with Crippen LogP contribution in [0.15, 0.2) is 72.8 Å². The summed E-state index contributed by atoms with van der Waals surface area (Å²) in [5.41, 5.74) is 1.71. The summed E-state index contributed by atoms with van der Waals surface area (Å²) in [6, 6.07) is 16.4. The summed E-state index contributed by atoms with van der Waals surface area (Å²) in [6.45, 7) is 13.7. The zero-order chi connectivity index (χ0) is 51.3. The lowest BCUT2D eigenvalue weighted by atomic mass is 9.81. The van der Waals surface area contributed by atoms with Crippen molar-refractivity contribution >= 4 is 32.3 Å². The van der Waals surface area contributed by atoms with E-state index in [0.29, 0.717) is 99.4 Å². The Labute approximate surface area is 419 Å². The van der Waals surface area contributed by atoms with Crippen LogP contribution in [0.4, 0.5) is 26.3 Å². The van der Waals surface area contributed by atoms with E-state index in [9.17, 15) is 0 Å². The van der Waals surface area contributed by atoms with Crippen molar-refractivity contribution in [1.82, 2.24) is 0 Å². The first kappa shape index (κ1) is 53.5. The standard InChI is InChI=1S/C60H66F6O6/c1-7-13-25-67-49-34-40-41(35-50(49)68-26-14-8-2)56-53(38-20-23-44(62)47(65)32-38)59(71-29-17-11-5)60(72-30-18-12-6)54(39-21-24-45(63)48(66)33-39)57(56)42-36-51(69-27-15-9-3)58(70-28-16-10-4)52(55(40)42)37-19-22-43(61)46(64)31-37/h19-24,31-36H,7-18,25-30H2,1-6H3. The highest BCUT2D eigenvalue weighted by atomic mass is 19.2. The van der Waals surface area contributed by atoms with Gasteiger partial charge in [-0.25, -0.2) is 26.3 Å². The van der Waals surface area contributed by atoms with Gasteiger partial charge >= 0.3 is 0 Å². The summed E-state index contributed by atoms with van der Waals surface area (Å²) in [5, 5.41) is 2.81. The first-order valence-corrected chi connectivity index (χ1v) is 25.8. The predicted molar refractivity (Wildman–Crippen MR) is 277 cm³/mol. The quantitative estimate of drug-likeness (QED) is 0.0291. The molecule has 0 saturated heterocycles. The molecule has 6 nitrogen and oxygen atoms in total. The molecule has 0 aliphatic rings. The molecule has 7 aromatic carbocycles. The predicted octanol–water partition coefficient (Wildman–Crippen LogP) is 18.1. The van der Waals surface area contributed by atoms with Crippen LogP contribution in [0.2, 0.25) is 0 Å². The highest BCUT2D eigenvalue weighted by Crippen LogP contribution is 2.59. The highest BCUT2D eigenvalue weighted by molar-refractivity contribution is 6.36. The van der Waals surface area contributed by atoms with Crippen LogP contribution in [-0.4, -0.2) is 39.6 Å². The molecule has 0 heterocycles. The van der Waals surface area contributed by atoms with Crippen LogP contribution in [0, 0.1) is 34.9 Å². The molecule has 12 heteroatoms. The van der Waals surface area contributed by atoms with Gasteiger partial charge in [-0.15, -0.1) is 0 Å². The van der Waals surface area contributed by atoms with Gasteiger partial charge in [0.05, 0.1) is 39.6 Å². The summed E-state index contributed by atoms with van der Waals surface area (Å²) in [7, 11) is 0. The first-order chi connectivity index (χ1) is 35.0. The third-order valence-corrected chi connectivity index (χ3v) is 12.7. The Hall–Kier alpha value is -6.30. The largest absolute Gasteiger partial charge is 0.490 e. The van der Waals surface area contributed by atoms with Gasteiger partial charge in [-0.2, -0.15) is 0 Å². The van der Waals surface area contributed by atoms with E-state index >= 15 is 26.3 Å². The number of benzene rings is 7. The molecule has 0 fully saturated rings. The molecule has 0 radical (unpaired) electrons. The third kappa shape index (κ3) is 11.6. The van der Waals surface area contributed by atoms with E-state index in [1.54, 1.807) is 0 Å². The molecule has 0 amide bonds. The zero-order valence-corrected chi connectivity index (χ0v) is 42.4. The van der Waals surface area contributed by atoms with Crippen molar-refractivity contribution in [3.8, 4) is 67.9 Å². The molecule has 0 aliphatic heterocycles. The minimum Gasteiger partial charge on any atom is -0.490 e. The van der Waals surface area contributed by atoms with Crippen LogP contribution < -0.4 is 28.4 Å². The normalized spacial score (nSPS) is 11.5. The van der Waals surface area contributed by atoms with E-state index in [1.165, 1.54) is 18.2 Å². The molecule has 0 aliphatic carbocycles. The Morgan fingerprint density at radius 2 is 0.583 bits per heavy atom. The average Bonchev–Trinajstić information content (AvgIpc) is 3.37. The molecule has 7 rings (SSSR count). The smallest absolute Gasteiger partial charge is 0.170 e. The average molecular weight is 997 g/mol. The molecule has 0 atom stereocenters. The molecule has 0 aromatic heterocycles. The lowest BCUT2D eigenvalue weighted by Crippen LogP contribution is -2.08. The molecular weight excluding hydrogens is 931 g/mol. The van der Waals surface area contributed by atoms with Crippen molar-refractivity contribution in [1.29, 1.82) is 0 Å². The van der Waals surface area contributed by atoms with Crippen molar-refractivity contribution in [2.24, 2.45) is 0 Å². The maximum Gasteiger partial charge on any atom is 0.170 e. The van der Waals surface area contributed by atoms with Gasteiger partial charge in [0.1, 0.15) is 0 Å². The van der Waals surface area contributed by atoms with E-state index in [2.05, 4.69) is 13.8 Å². The molecule has 0 unspecified atom stereocenters. The molecule has 0 spiro atoms. The van der Waals surface area contributed by atoms with Crippen LogP contribution >= 0.6 is 0 Å². The maximum atomic E-state index is 16.0. The van der Waals surface area contributed by atoms with Crippen LogP contribution in [0.25, 0.3) is 65.7 Å². The van der Waals surface area contributed by atoms with Gasteiger partial charge in [0.25, 0.3) is 0 Å². The summed E-state index contributed by atoms with van der Waals surface area (Å²) in [6.07, 6.45) is 8.74. The number of rotatable bonds is 27. The molecule has 0 N–H and O–H groups in total. The second kappa shape index (κ2) is 25.4. The minimum atomic E-state index is -1.12. The van der Waals surface area contributed by atoms with E-state index < -0.39 is 34.9 Å². The van der Waals surface area contributed by atoms with Crippen molar-refractivity contribution in [3.05, 3.63) is 108 Å². The van der Waals surface area contributed by atoms with Gasteiger partial charge in [-0.3, -0.25) is 0 Å². The van der Waals surface area contributed by atoms with Crippen molar-refractivity contribution in [2.45, 2.75) is 119 Å². The van der Waals surface area contributed by atoms with E-state index in [4.69, 9.17) is 28.4 Å². The number of hydrogen-bond donors (Lipinski definition) is 0. The van der Waals surface area contributed by atoms with Crippen LogP contribution in [0.1, 0.15) is 119 Å². The fraction of sp³-hybridized carbons (Fsp3) is 0.400. The lowest BCUT2D eigenvalue weighted by Gasteiger charge is -2.28. The van der Waals surface area contributed by atoms with Gasteiger partial charge in [-0.05, 0) is 126 Å².